The second-order valence-electron chi connectivity index (χ2n) is 7.96. The van der Waals surface area contributed by atoms with Crippen LogP contribution in [0.15, 0.2) is 79.0 Å². The molecule has 2 atom stereocenters. The summed E-state index contributed by atoms with van der Waals surface area (Å²) < 4.78 is 0. The number of nitrogens with zero attached hydrogens (tertiary/aromatic N) is 1. The van der Waals surface area contributed by atoms with Gasteiger partial charge in [0.25, 0.3) is 5.91 Å². The Morgan fingerprint density at radius 2 is 1.58 bits per heavy atom. The van der Waals surface area contributed by atoms with Gasteiger partial charge in [0.2, 0.25) is 5.91 Å². The fourth-order valence-corrected chi connectivity index (χ4v) is 4.71. The Bertz CT molecular complexity index is 1340. The van der Waals surface area contributed by atoms with E-state index in [0.717, 1.165) is 33.4 Å². The smallest absolute Gasteiger partial charge is 0.258 e. The van der Waals surface area contributed by atoms with Gasteiger partial charge in [0.1, 0.15) is 12.2 Å². The number of benzene rings is 3. The van der Waals surface area contributed by atoms with Gasteiger partial charge in [-0.3, -0.25) is 9.59 Å². The largest absolute Gasteiger partial charge is 0.361 e. The Kier molecular flexibility index (Phi) is 3.86. The fraction of sp³-hybridized carbons (Fsp3) is 0.120. The molecule has 3 aromatic carbocycles. The number of nitrogens with one attached hydrogen (secondary N) is 3. The van der Waals surface area contributed by atoms with E-state index in [9.17, 15) is 9.59 Å². The van der Waals surface area contributed by atoms with Crippen molar-refractivity contribution in [3.05, 3.63) is 95.7 Å². The third kappa shape index (κ3) is 2.72. The molecule has 6 nitrogen and oxygen atoms in total. The number of fused-ring (bicyclic) bond motifs is 5. The fourth-order valence-electron chi connectivity index (χ4n) is 4.71. The highest BCUT2D eigenvalue weighted by molar-refractivity contribution is 6.07. The number of aromatic nitrogens is 1. The van der Waals surface area contributed by atoms with Crippen LogP contribution < -0.4 is 10.6 Å². The molecular formula is C25H20N4O2. The van der Waals surface area contributed by atoms with Gasteiger partial charge in [-0.15, -0.1) is 0 Å². The zero-order chi connectivity index (χ0) is 20.9. The summed E-state index contributed by atoms with van der Waals surface area (Å²) in [7, 11) is 0. The molecule has 1 unspecified atom stereocenters. The van der Waals surface area contributed by atoms with Crippen LogP contribution in [-0.4, -0.2) is 27.7 Å². The maximum absolute atomic E-state index is 13.7. The topological polar surface area (TPSA) is 77.2 Å². The van der Waals surface area contributed by atoms with E-state index in [-0.39, 0.29) is 11.8 Å². The van der Waals surface area contributed by atoms with E-state index in [4.69, 9.17) is 0 Å². The van der Waals surface area contributed by atoms with Gasteiger partial charge < -0.3 is 20.5 Å². The normalized spacial score (nSPS) is 19.7. The van der Waals surface area contributed by atoms with E-state index < -0.39 is 12.2 Å². The number of carbonyl (C=O) groups excluding carboxylic acids is 2. The molecule has 3 N–H and O–H groups in total. The summed E-state index contributed by atoms with van der Waals surface area (Å²) in [6.45, 7) is 0. The minimum Gasteiger partial charge on any atom is -0.361 e. The van der Waals surface area contributed by atoms with Gasteiger partial charge >= 0.3 is 0 Å². The molecule has 6 heteroatoms. The molecule has 3 heterocycles. The summed E-state index contributed by atoms with van der Waals surface area (Å²) in [5.41, 5.74) is 4.98. The van der Waals surface area contributed by atoms with Crippen LogP contribution in [0.2, 0.25) is 0 Å². The van der Waals surface area contributed by atoms with Crippen molar-refractivity contribution in [2.45, 2.75) is 18.6 Å². The molecule has 152 valence electrons. The lowest BCUT2D eigenvalue weighted by Crippen LogP contribution is -2.52. The van der Waals surface area contributed by atoms with E-state index in [0.29, 0.717) is 12.0 Å². The minimum atomic E-state index is -0.662. The van der Waals surface area contributed by atoms with Gasteiger partial charge in [-0.1, -0.05) is 48.5 Å². The van der Waals surface area contributed by atoms with Gasteiger partial charge in [-0.25, -0.2) is 0 Å². The number of para-hydroxylation sites is 3. The first-order valence-corrected chi connectivity index (χ1v) is 10.3. The Morgan fingerprint density at radius 3 is 2.48 bits per heavy atom. The maximum atomic E-state index is 13.7. The van der Waals surface area contributed by atoms with Crippen molar-refractivity contribution >= 4 is 34.1 Å². The molecule has 4 aromatic rings. The van der Waals surface area contributed by atoms with Crippen molar-refractivity contribution in [1.82, 2.24) is 9.88 Å². The van der Waals surface area contributed by atoms with Crippen LogP contribution in [0.4, 0.5) is 11.4 Å². The highest BCUT2D eigenvalue weighted by Gasteiger charge is 2.43. The predicted molar refractivity (Wildman–Crippen MR) is 120 cm³/mol. The van der Waals surface area contributed by atoms with Crippen LogP contribution >= 0.6 is 0 Å². The molecule has 6 rings (SSSR count). The van der Waals surface area contributed by atoms with E-state index in [1.807, 2.05) is 72.9 Å². The number of aromatic amines is 1. The van der Waals surface area contributed by atoms with Crippen LogP contribution in [0.25, 0.3) is 10.9 Å². The molecule has 31 heavy (non-hydrogen) atoms. The first-order chi connectivity index (χ1) is 15.2. The second kappa shape index (κ2) is 6.74. The second-order valence-corrected chi connectivity index (χ2v) is 7.96. The lowest BCUT2D eigenvalue weighted by atomic mass is 9.98. The van der Waals surface area contributed by atoms with Crippen molar-refractivity contribution < 1.29 is 9.59 Å². The standard InChI is InChI=1S/C25H20N4O2/c30-24-22(13-15-14-26-19-10-4-1-7-16(15)19)29-23(17-8-2-5-11-20(17)28-24)27-21-12-6-3-9-18(21)25(29)31/h1-12,14,22-23,26-27H,13H2,(H,28,30)/t22-,23?/m0/s1. The van der Waals surface area contributed by atoms with Gasteiger partial charge in [-0.05, 0) is 29.8 Å². The Labute approximate surface area is 178 Å². The Hall–Kier alpha value is -4.06. The van der Waals surface area contributed by atoms with Gasteiger partial charge in [-0.2, -0.15) is 0 Å². The Balaban J connectivity index is 1.50. The van der Waals surface area contributed by atoms with Gasteiger partial charge in [0.05, 0.1) is 5.56 Å². The number of rotatable bonds is 2. The first kappa shape index (κ1) is 17.8. The van der Waals surface area contributed by atoms with Crippen molar-refractivity contribution in [1.29, 1.82) is 0 Å². The quantitative estimate of drug-likeness (QED) is 0.463. The molecule has 0 spiro atoms. The van der Waals surface area contributed by atoms with Crippen LogP contribution in [0.3, 0.4) is 0 Å². The molecular weight excluding hydrogens is 388 g/mol. The number of anilines is 2. The monoisotopic (exact) mass is 408 g/mol. The highest BCUT2D eigenvalue weighted by atomic mass is 16.2. The average molecular weight is 408 g/mol. The van der Waals surface area contributed by atoms with Gasteiger partial charge in [0.15, 0.2) is 0 Å². The number of hydrogen-bond donors (Lipinski definition) is 3. The van der Waals surface area contributed by atoms with E-state index in [1.54, 1.807) is 11.0 Å². The lowest BCUT2D eigenvalue weighted by molar-refractivity contribution is -0.120. The summed E-state index contributed by atoms with van der Waals surface area (Å²) >= 11 is 0. The van der Waals surface area contributed by atoms with Crippen molar-refractivity contribution in [2.75, 3.05) is 10.6 Å². The minimum absolute atomic E-state index is 0.143. The van der Waals surface area contributed by atoms with Crippen molar-refractivity contribution in [2.24, 2.45) is 0 Å². The molecule has 0 radical (unpaired) electrons. The molecule has 2 aliphatic rings. The molecule has 0 fully saturated rings. The Morgan fingerprint density at radius 1 is 0.839 bits per heavy atom. The van der Waals surface area contributed by atoms with E-state index in [2.05, 4.69) is 15.6 Å². The van der Waals surface area contributed by atoms with Crippen LogP contribution in [0.5, 0.6) is 0 Å². The van der Waals surface area contributed by atoms with Crippen LogP contribution in [-0.2, 0) is 11.2 Å². The van der Waals surface area contributed by atoms with Crippen LogP contribution in [0.1, 0.15) is 27.7 Å². The molecule has 1 aromatic heterocycles. The molecule has 2 aliphatic heterocycles. The van der Waals surface area contributed by atoms with E-state index in [1.165, 1.54) is 0 Å². The van der Waals surface area contributed by atoms with E-state index >= 15 is 0 Å². The molecule has 0 saturated carbocycles. The predicted octanol–water partition coefficient (Wildman–Crippen LogP) is 4.30. The summed E-state index contributed by atoms with van der Waals surface area (Å²) in [4.78, 5) is 32.0. The average Bonchev–Trinajstić information content (AvgIpc) is 3.16. The highest BCUT2D eigenvalue weighted by Crippen LogP contribution is 2.40. The number of H-pyrrole nitrogens is 1. The molecule has 0 bridgehead atoms. The first-order valence-electron chi connectivity index (χ1n) is 10.3. The van der Waals surface area contributed by atoms with Crippen molar-refractivity contribution in [3.8, 4) is 0 Å². The SMILES string of the molecule is O=C1Nc2ccccc2C2Nc3ccccc3C(=O)N2[C@H]1Cc1c[nH]c2ccccc12. The summed E-state index contributed by atoms with van der Waals surface area (Å²) in [6, 6.07) is 22.5. The zero-order valence-corrected chi connectivity index (χ0v) is 16.6. The summed E-state index contributed by atoms with van der Waals surface area (Å²) in [5.74, 6) is -0.328. The summed E-state index contributed by atoms with van der Waals surface area (Å²) in [6.07, 6.45) is 1.91. The zero-order valence-electron chi connectivity index (χ0n) is 16.6. The molecule has 2 amide bonds. The summed E-state index contributed by atoms with van der Waals surface area (Å²) in [5, 5.41) is 7.61. The maximum Gasteiger partial charge on any atom is 0.258 e. The number of carbonyl (C=O) groups is 2. The van der Waals surface area contributed by atoms with Crippen LogP contribution in [0, 0.1) is 0 Å². The third-order valence-electron chi connectivity index (χ3n) is 6.20. The molecule has 0 saturated heterocycles. The number of amides is 2. The van der Waals surface area contributed by atoms with Crippen molar-refractivity contribution in [3.63, 3.8) is 0 Å². The lowest BCUT2D eigenvalue weighted by Gasteiger charge is -2.40. The van der Waals surface area contributed by atoms with Gasteiger partial charge in [0, 0.05) is 40.5 Å². The third-order valence-corrected chi connectivity index (χ3v) is 6.20. The number of hydrogen-bond acceptors (Lipinski definition) is 3. The molecule has 0 aliphatic carbocycles.